The monoisotopic (exact) mass is 283 g/mol. The van der Waals surface area contributed by atoms with Gasteiger partial charge < -0.3 is 10.1 Å². The third kappa shape index (κ3) is 4.82. The second-order valence-corrected chi connectivity index (χ2v) is 5.34. The fourth-order valence-electron chi connectivity index (χ4n) is 2.52. The molecule has 1 unspecified atom stereocenters. The van der Waals surface area contributed by atoms with Gasteiger partial charge in [0.15, 0.2) is 0 Å². The maximum absolute atomic E-state index is 5.30. The van der Waals surface area contributed by atoms with Gasteiger partial charge in [-0.25, -0.2) is 0 Å². The molecule has 0 heterocycles. The number of hydrogen-bond donors (Lipinski definition) is 1. The zero-order valence-electron chi connectivity index (χ0n) is 13.0. The molecule has 0 bridgehead atoms. The number of nitrogens with one attached hydrogen (secondary N) is 1. The highest BCUT2D eigenvalue weighted by Crippen LogP contribution is 2.26. The molecule has 0 aromatic heterocycles. The zero-order chi connectivity index (χ0) is 14.9. The van der Waals surface area contributed by atoms with E-state index in [1.54, 1.807) is 7.11 Å². The Morgan fingerprint density at radius 2 is 1.81 bits per heavy atom. The highest BCUT2D eigenvalue weighted by molar-refractivity contribution is 5.49. The Hall–Kier alpha value is -1.96. The van der Waals surface area contributed by atoms with Crippen LogP contribution in [0.15, 0.2) is 54.6 Å². The van der Waals surface area contributed by atoms with E-state index in [-0.39, 0.29) is 0 Å². The normalized spacial score (nSPS) is 11.9. The summed E-state index contributed by atoms with van der Waals surface area (Å²) in [5.74, 6) is 0.889. The number of unbranched alkanes of at least 4 members (excludes halogenated alkanes) is 2. The number of anilines is 1. The van der Waals surface area contributed by atoms with Gasteiger partial charge in [-0.3, -0.25) is 0 Å². The van der Waals surface area contributed by atoms with Gasteiger partial charge in [-0.2, -0.15) is 0 Å². The number of hydrogen-bond acceptors (Lipinski definition) is 2. The summed E-state index contributed by atoms with van der Waals surface area (Å²) in [5.41, 5.74) is 2.45. The van der Waals surface area contributed by atoms with Crippen molar-refractivity contribution < 1.29 is 4.74 Å². The predicted molar refractivity (Wildman–Crippen MR) is 89.9 cm³/mol. The van der Waals surface area contributed by atoms with Crippen LogP contribution < -0.4 is 10.1 Å². The lowest BCUT2D eigenvalue weighted by Gasteiger charge is -2.21. The minimum atomic E-state index is 0.352. The Labute approximate surface area is 128 Å². The van der Waals surface area contributed by atoms with Gasteiger partial charge in [-0.1, -0.05) is 62.6 Å². The van der Waals surface area contributed by atoms with E-state index in [1.807, 2.05) is 12.1 Å². The molecule has 0 aliphatic carbocycles. The van der Waals surface area contributed by atoms with Crippen LogP contribution in [0.2, 0.25) is 0 Å². The largest absolute Gasteiger partial charge is 0.497 e. The van der Waals surface area contributed by atoms with Crippen LogP contribution in [-0.4, -0.2) is 7.11 Å². The molecule has 0 aliphatic heterocycles. The predicted octanol–water partition coefficient (Wildman–Crippen LogP) is 5.43. The van der Waals surface area contributed by atoms with Crippen LogP contribution in [0.3, 0.4) is 0 Å². The lowest BCUT2D eigenvalue weighted by molar-refractivity contribution is 0.415. The minimum absolute atomic E-state index is 0.352. The maximum atomic E-state index is 5.30. The van der Waals surface area contributed by atoms with Gasteiger partial charge in [0.25, 0.3) is 0 Å². The highest BCUT2D eigenvalue weighted by atomic mass is 16.5. The molecule has 2 aromatic rings. The molecule has 112 valence electrons. The molecule has 1 N–H and O–H groups in total. The molecule has 0 amide bonds. The molecular formula is C19H25NO. The van der Waals surface area contributed by atoms with E-state index in [9.17, 15) is 0 Å². The van der Waals surface area contributed by atoms with Crippen molar-refractivity contribution in [2.45, 2.75) is 38.6 Å². The van der Waals surface area contributed by atoms with Crippen LogP contribution in [-0.2, 0) is 0 Å². The average molecular weight is 283 g/mol. The van der Waals surface area contributed by atoms with Crippen molar-refractivity contribution in [3.8, 4) is 5.75 Å². The number of rotatable bonds is 8. The molecule has 1 atom stereocenters. The van der Waals surface area contributed by atoms with Crippen LogP contribution in [0, 0.1) is 0 Å². The molecule has 2 heteroatoms. The molecule has 0 aliphatic rings. The standard InChI is InChI=1S/C19H25NO/c1-3-4-6-14-19(16-10-7-5-8-11-16)20-17-12-9-13-18(15-17)21-2/h5,7-13,15,19-20H,3-4,6,14H2,1-2H3. The van der Waals surface area contributed by atoms with Crippen molar-refractivity contribution in [2.75, 3.05) is 12.4 Å². The molecule has 21 heavy (non-hydrogen) atoms. The van der Waals surface area contributed by atoms with Crippen LogP contribution in [0.1, 0.15) is 44.2 Å². The number of methoxy groups -OCH3 is 1. The van der Waals surface area contributed by atoms with Gasteiger partial charge in [0.2, 0.25) is 0 Å². The summed E-state index contributed by atoms with van der Waals surface area (Å²) in [6.45, 7) is 2.24. The van der Waals surface area contributed by atoms with E-state index in [1.165, 1.54) is 24.8 Å². The minimum Gasteiger partial charge on any atom is -0.497 e. The Morgan fingerprint density at radius 1 is 1.00 bits per heavy atom. The van der Waals surface area contributed by atoms with Crippen LogP contribution >= 0.6 is 0 Å². The zero-order valence-corrected chi connectivity index (χ0v) is 13.0. The highest BCUT2D eigenvalue weighted by Gasteiger charge is 2.11. The lowest BCUT2D eigenvalue weighted by Crippen LogP contribution is -2.10. The van der Waals surface area contributed by atoms with Crippen molar-refractivity contribution in [1.82, 2.24) is 0 Å². The van der Waals surface area contributed by atoms with Crippen molar-refractivity contribution >= 4 is 5.69 Å². The second-order valence-electron chi connectivity index (χ2n) is 5.34. The molecule has 0 saturated carbocycles. The first-order chi connectivity index (χ1) is 10.3. The molecule has 0 radical (unpaired) electrons. The van der Waals surface area contributed by atoms with E-state index in [0.29, 0.717) is 6.04 Å². The van der Waals surface area contributed by atoms with Gasteiger partial charge >= 0.3 is 0 Å². The van der Waals surface area contributed by atoms with E-state index in [0.717, 1.165) is 17.9 Å². The number of ether oxygens (including phenoxy) is 1. The summed E-state index contributed by atoms with van der Waals surface area (Å²) in [6.07, 6.45) is 4.92. The number of benzene rings is 2. The molecule has 0 spiro atoms. The first-order valence-electron chi connectivity index (χ1n) is 7.79. The summed E-state index contributed by atoms with van der Waals surface area (Å²) in [7, 11) is 1.70. The fraction of sp³-hybridized carbons (Fsp3) is 0.368. The maximum Gasteiger partial charge on any atom is 0.120 e. The van der Waals surface area contributed by atoms with Crippen molar-refractivity contribution in [2.24, 2.45) is 0 Å². The van der Waals surface area contributed by atoms with Crippen LogP contribution in [0.5, 0.6) is 5.75 Å². The van der Waals surface area contributed by atoms with Gasteiger partial charge in [-0.05, 0) is 24.1 Å². The van der Waals surface area contributed by atoms with Gasteiger partial charge in [0.1, 0.15) is 5.75 Å². The molecule has 0 saturated heterocycles. The lowest BCUT2D eigenvalue weighted by atomic mass is 10.00. The van der Waals surface area contributed by atoms with Crippen LogP contribution in [0.4, 0.5) is 5.69 Å². The summed E-state index contributed by atoms with van der Waals surface area (Å²) in [6, 6.07) is 19.2. The smallest absolute Gasteiger partial charge is 0.120 e. The van der Waals surface area contributed by atoms with E-state index < -0.39 is 0 Å². The Kier molecular flexibility index (Phi) is 6.14. The molecule has 2 rings (SSSR count). The Balaban J connectivity index is 2.11. The summed E-state index contributed by atoms with van der Waals surface area (Å²) in [4.78, 5) is 0. The van der Waals surface area contributed by atoms with E-state index >= 15 is 0 Å². The fourth-order valence-corrected chi connectivity index (χ4v) is 2.52. The summed E-state index contributed by atoms with van der Waals surface area (Å²) >= 11 is 0. The van der Waals surface area contributed by atoms with Crippen molar-refractivity contribution in [1.29, 1.82) is 0 Å². The first kappa shape index (κ1) is 15.4. The van der Waals surface area contributed by atoms with E-state index in [4.69, 9.17) is 4.74 Å². The third-order valence-corrected chi connectivity index (χ3v) is 3.71. The molecule has 2 nitrogen and oxygen atoms in total. The topological polar surface area (TPSA) is 21.3 Å². The van der Waals surface area contributed by atoms with Gasteiger partial charge in [0, 0.05) is 11.8 Å². The molecular weight excluding hydrogens is 258 g/mol. The van der Waals surface area contributed by atoms with Gasteiger partial charge in [-0.15, -0.1) is 0 Å². The molecule has 2 aromatic carbocycles. The Morgan fingerprint density at radius 3 is 2.52 bits per heavy atom. The third-order valence-electron chi connectivity index (χ3n) is 3.71. The average Bonchev–Trinajstić information content (AvgIpc) is 2.55. The van der Waals surface area contributed by atoms with Crippen molar-refractivity contribution in [3.63, 3.8) is 0 Å². The second kappa shape index (κ2) is 8.35. The van der Waals surface area contributed by atoms with Crippen LogP contribution in [0.25, 0.3) is 0 Å². The first-order valence-corrected chi connectivity index (χ1v) is 7.79. The quantitative estimate of drug-likeness (QED) is 0.652. The molecule has 0 fully saturated rings. The van der Waals surface area contributed by atoms with Gasteiger partial charge in [0.05, 0.1) is 13.2 Å². The summed E-state index contributed by atoms with van der Waals surface area (Å²) in [5, 5.41) is 3.65. The SMILES string of the molecule is CCCCCC(Nc1cccc(OC)c1)c1ccccc1. The summed E-state index contributed by atoms with van der Waals surface area (Å²) < 4.78 is 5.30. The van der Waals surface area contributed by atoms with Crippen molar-refractivity contribution in [3.05, 3.63) is 60.2 Å². The Bertz CT molecular complexity index is 524. The van der Waals surface area contributed by atoms with E-state index in [2.05, 4.69) is 54.7 Å².